The number of ether oxygens (including phenoxy) is 1. The van der Waals surface area contributed by atoms with E-state index in [1.54, 1.807) is 19.1 Å². The lowest BCUT2D eigenvalue weighted by molar-refractivity contribution is 0.417. The normalized spacial score (nSPS) is 11.2. The standard InChI is InChI=1S/C13H14ClN3O3S/c1-8-6-11(12(20-2)7-9(8)14)17-21(18,19)13-10(15)4-3-5-16-13/h3-7,17H,15H2,1-2H3. The zero-order chi connectivity index (χ0) is 15.6. The number of rotatable bonds is 4. The molecular weight excluding hydrogens is 314 g/mol. The molecule has 21 heavy (non-hydrogen) atoms. The topological polar surface area (TPSA) is 94.3 Å². The van der Waals surface area contributed by atoms with Gasteiger partial charge >= 0.3 is 0 Å². The second-order valence-corrected chi connectivity index (χ2v) is 6.31. The van der Waals surface area contributed by atoms with Crippen LogP contribution in [0, 0.1) is 6.92 Å². The molecule has 8 heteroatoms. The van der Waals surface area contributed by atoms with E-state index < -0.39 is 10.0 Å². The van der Waals surface area contributed by atoms with E-state index in [1.165, 1.54) is 25.4 Å². The van der Waals surface area contributed by atoms with Gasteiger partial charge in [-0.2, -0.15) is 8.42 Å². The number of hydrogen-bond donors (Lipinski definition) is 2. The third kappa shape index (κ3) is 3.20. The lowest BCUT2D eigenvalue weighted by Crippen LogP contribution is -2.17. The first-order valence-electron chi connectivity index (χ1n) is 5.92. The van der Waals surface area contributed by atoms with Crippen LogP contribution >= 0.6 is 11.6 Å². The first-order valence-corrected chi connectivity index (χ1v) is 7.78. The minimum atomic E-state index is -3.92. The molecule has 2 rings (SSSR count). The van der Waals surface area contributed by atoms with Crippen LogP contribution < -0.4 is 15.2 Å². The molecule has 1 aromatic carbocycles. The summed E-state index contributed by atoms with van der Waals surface area (Å²) in [5.74, 6) is 0.309. The van der Waals surface area contributed by atoms with Gasteiger partial charge in [-0.15, -0.1) is 0 Å². The molecule has 112 valence electrons. The van der Waals surface area contributed by atoms with Crippen molar-refractivity contribution < 1.29 is 13.2 Å². The number of hydrogen-bond acceptors (Lipinski definition) is 5. The van der Waals surface area contributed by atoms with E-state index in [-0.39, 0.29) is 16.4 Å². The summed E-state index contributed by atoms with van der Waals surface area (Å²) in [6.07, 6.45) is 1.36. The maximum Gasteiger partial charge on any atom is 0.281 e. The molecule has 0 spiro atoms. The van der Waals surface area contributed by atoms with Gasteiger partial charge in [0, 0.05) is 17.3 Å². The predicted molar refractivity (Wildman–Crippen MR) is 82.2 cm³/mol. The molecule has 0 amide bonds. The molecular formula is C13H14ClN3O3S. The highest BCUT2D eigenvalue weighted by atomic mass is 35.5. The number of benzene rings is 1. The number of nitrogens with one attached hydrogen (secondary N) is 1. The highest BCUT2D eigenvalue weighted by Gasteiger charge is 2.21. The summed E-state index contributed by atoms with van der Waals surface area (Å²) in [7, 11) is -2.49. The zero-order valence-corrected chi connectivity index (χ0v) is 13.0. The molecule has 0 aliphatic heterocycles. The van der Waals surface area contributed by atoms with Gasteiger partial charge in [0.15, 0.2) is 5.03 Å². The smallest absolute Gasteiger partial charge is 0.281 e. The number of methoxy groups -OCH3 is 1. The molecule has 1 aromatic heterocycles. The van der Waals surface area contributed by atoms with Crippen molar-refractivity contribution in [1.29, 1.82) is 0 Å². The van der Waals surface area contributed by atoms with Gasteiger partial charge in [-0.05, 0) is 30.7 Å². The van der Waals surface area contributed by atoms with Crippen molar-refractivity contribution in [3.05, 3.63) is 41.0 Å². The van der Waals surface area contributed by atoms with E-state index in [2.05, 4.69) is 9.71 Å². The number of anilines is 2. The molecule has 0 radical (unpaired) electrons. The molecule has 0 atom stereocenters. The van der Waals surface area contributed by atoms with Crippen LogP contribution in [0.2, 0.25) is 5.02 Å². The fraction of sp³-hybridized carbons (Fsp3) is 0.154. The molecule has 0 fully saturated rings. The summed E-state index contributed by atoms with van der Waals surface area (Å²) in [5.41, 5.74) is 6.70. The van der Waals surface area contributed by atoms with Crippen LogP contribution in [0.3, 0.4) is 0 Å². The van der Waals surface area contributed by atoms with E-state index in [9.17, 15) is 8.42 Å². The fourth-order valence-corrected chi connectivity index (χ4v) is 3.01. The Morgan fingerprint density at radius 3 is 2.71 bits per heavy atom. The van der Waals surface area contributed by atoms with Crippen LogP contribution in [0.5, 0.6) is 5.75 Å². The monoisotopic (exact) mass is 327 g/mol. The Morgan fingerprint density at radius 1 is 1.38 bits per heavy atom. The molecule has 0 saturated heterocycles. The Labute approximate surface area is 128 Å². The highest BCUT2D eigenvalue weighted by molar-refractivity contribution is 7.92. The number of sulfonamides is 1. The van der Waals surface area contributed by atoms with E-state index in [4.69, 9.17) is 22.1 Å². The van der Waals surface area contributed by atoms with Crippen molar-refractivity contribution in [3.8, 4) is 5.75 Å². The number of pyridine rings is 1. The Balaban J connectivity index is 2.47. The number of halogens is 1. The zero-order valence-electron chi connectivity index (χ0n) is 11.4. The van der Waals surface area contributed by atoms with Crippen molar-refractivity contribution in [2.75, 3.05) is 17.6 Å². The SMILES string of the molecule is COc1cc(Cl)c(C)cc1NS(=O)(=O)c1ncccc1N. The summed E-state index contributed by atoms with van der Waals surface area (Å²) in [5, 5.41) is 0.242. The van der Waals surface area contributed by atoms with Gasteiger partial charge in [0.25, 0.3) is 10.0 Å². The quantitative estimate of drug-likeness (QED) is 0.899. The number of nitrogens with zero attached hydrogens (tertiary/aromatic N) is 1. The third-order valence-corrected chi connectivity index (χ3v) is 4.53. The Kier molecular flexibility index (Phi) is 4.24. The van der Waals surface area contributed by atoms with Gasteiger partial charge in [0.1, 0.15) is 5.75 Å². The molecule has 1 heterocycles. The maximum absolute atomic E-state index is 12.3. The Morgan fingerprint density at radius 2 is 2.10 bits per heavy atom. The number of nitrogens with two attached hydrogens (primary N) is 1. The summed E-state index contributed by atoms with van der Waals surface area (Å²) in [6, 6.07) is 6.14. The molecule has 0 saturated carbocycles. The molecule has 0 unspecified atom stereocenters. The van der Waals surface area contributed by atoms with Crippen LogP contribution in [-0.2, 0) is 10.0 Å². The Bertz CT molecular complexity index is 778. The molecule has 2 aromatic rings. The summed E-state index contributed by atoms with van der Waals surface area (Å²) >= 11 is 5.99. The molecule has 0 bridgehead atoms. The second-order valence-electron chi connectivity index (χ2n) is 4.30. The van der Waals surface area contributed by atoms with Crippen LogP contribution in [0.25, 0.3) is 0 Å². The minimum absolute atomic E-state index is 0.0645. The number of nitrogen functional groups attached to an aromatic ring is 1. The third-order valence-electron chi connectivity index (χ3n) is 2.78. The average molecular weight is 328 g/mol. The van der Waals surface area contributed by atoms with Crippen LogP contribution in [-0.4, -0.2) is 20.5 Å². The highest BCUT2D eigenvalue weighted by Crippen LogP contribution is 2.32. The van der Waals surface area contributed by atoms with Gasteiger partial charge in [-0.3, -0.25) is 4.72 Å². The first kappa shape index (κ1) is 15.4. The Hall–Kier alpha value is -1.99. The largest absolute Gasteiger partial charge is 0.495 e. The summed E-state index contributed by atoms with van der Waals surface area (Å²) < 4.78 is 32.2. The van der Waals surface area contributed by atoms with Crippen LogP contribution in [0.15, 0.2) is 35.5 Å². The van der Waals surface area contributed by atoms with Crippen molar-refractivity contribution in [2.24, 2.45) is 0 Å². The van der Waals surface area contributed by atoms with Crippen molar-refractivity contribution in [1.82, 2.24) is 4.98 Å². The van der Waals surface area contributed by atoms with E-state index in [0.29, 0.717) is 16.3 Å². The molecule has 0 aliphatic rings. The van der Waals surface area contributed by atoms with Crippen molar-refractivity contribution in [3.63, 3.8) is 0 Å². The fourth-order valence-electron chi connectivity index (χ4n) is 1.73. The lowest BCUT2D eigenvalue weighted by Gasteiger charge is -2.13. The minimum Gasteiger partial charge on any atom is -0.495 e. The van der Waals surface area contributed by atoms with Crippen molar-refractivity contribution >= 4 is 33.0 Å². The van der Waals surface area contributed by atoms with E-state index >= 15 is 0 Å². The maximum atomic E-state index is 12.3. The summed E-state index contributed by atoms with van der Waals surface area (Å²) in [6.45, 7) is 1.76. The second kappa shape index (κ2) is 5.79. The van der Waals surface area contributed by atoms with Crippen LogP contribution in [0.1, 0.15) is 5.56 Å². The average Bonchev–Trinajstić information content (AvgIpc) is 2.42. The van der Waals surface area contributed by atoms with Gasteiger partial charge in [0.2, 0.25) is 0 Å². The van der Waals surface area contributed by atoms with Gasteiger partial charge < -0.3 is 10.5 Å². The van der Waals surface area contributed by atoms with Gasteiger partial charge in [-0.25, -0.2) is 4.98 Å². The predicted octanol–water partition coefficient (Wildman–Crippen LogP) is 2.44. The van der Waals surface area contributed by atoms with Gasteiger partial charge in [-0.1, -0.05) is 11.6 Å². The molecule has 0 aliphatic carbocycles. The molecule has 6 nitrogen and oxygen atoms in total. The number of aryl methyl sites for hydroxylation is 1. The first-order chi connectivity index (χ1) is 9.85. The number of aromatic nitrogens is 1. The van der Waals surface area contributed by atoms with Crippen molar-refractivity contribution in [2.45, 2.75) is 11.9 Å². The lowest BCUT2D eigenvalue weighted by atomic mass is 10.2. The van der Waals surface area contributed by atoms with E-state index in [1.807, 2.05) is 0 Å². The van der Waals surface area contributed by atoms with E-state index in [0.717, 1.165) is 0 Å². The summed E-state index contributed by atoms with van der Waals surface area (Å²) in [4.78, 5) is 3.80. The van der Waals surface area contributed by atoms with Crippen LogP contribution in [0.4, 0.5) is 11.4 Å². The molecule has 3 N–H and O–H groups in total. The van der Waals surface area contributed by atoms with Gasteiger partial charge in [0.05, 0.1) is 18.5 Å².